The normalized spacial score (nSPS) is 17.7. The number of rotatable bonds is 13. The molecule has 0 saturated carbocycles. The van der Waals surface area contributed by atoms with Crippen LogP contribution in [0.2, 0.25) is 18.1 Å². The summed E-state index contributed by atoms with van der Waals surface area (Å²) in [5.41, 5.74) is 17.0. The Morgan fingerprint density at radius 3 is 1.79 bits per heavy atom. The number of amides is 1. The van der Waals surface area contributed by atoms with Crippen molar-refractivity contribution >= 4 is 36.2 Å². The molecule has 398 valence electrons. The Morgan fingerprint density at radius 2 is 1.24 bits per heavy atom. The Labute approximate surface area is 449 Å². The molecule has 2 aromatic carbocycles. The Hall–Kier alpha value is -6.65. The number of nitrogens with zero attached hydrogens (tertiary/aromatic N) is 8. The van der Waals surface area contributed by atoms with Crippen LogP contribution in [0.1, 0.15) is 141 Å². The predicted molar refractivity (Wildman–Crippen MR) is 305 cm³/mol. The van der Waals surface area contributed by atoms with Crippen molar-refractivity contribution in [1.29, 1.82) is 0 Å². The third kappa shape index (κ3) is 11.5. The molecule has 0 spiro atoms. The largest absolute Gasteiger partial charge is 0.444 e. The zero-order valence-electron chi connectivity index (χ0n) is 46.2. The molecule has 4 N–H and O–H groups in total. The number of alkyl carbamates (subject to hydrolysis) is 1. The summed E-state index contributed by atoms with van der Waals surface area (Å²) >= 11 is 0. The number of carbonyl (C=O) groups excluding carboxylic acids is 1. The van der Waals surface area contributed by atoms with Gasteiger partial charge in [0.05, 0.1) is 81.9 Å². The number of aromatic nitrogens is 8. The molecule has 76 heavy (non-hydrogen) atoms. The van der Waals surface area contributed by atoms with E-state index in [0.717, 1.165) is 131 Å². The van der Waals surface area contributed by atoms with Gasteiger partial charge in [-0.1, -0.05) is 96.0 Å². The van der Waals surface area contributed by atoms with Gasteiger partial charge in [-0.3, -0.25) is 9.97 Å². The lowest BCUT2D eigenvalue weighted by atomic mass is 9.77. The summed E-state index contributed by atoms with van der Waals surface area (Å²) in [6.07, 6.45) is 12.9. The maximum Gasteiger partial charge on any atom is 0.408 e. The van der Waals surface area contributed by atoms with Crippen LogP contribution < -0.4 is 11.1 Å². The second-order valence-electron chi connectivity index (χ2n) is 23.3. The topological polar surface area (TPSA) is 181 Å². The summed E-state index contributed by atoms with van der Waals surface area (Å²) in [6, 6.07) is 32.7. The zero-order chi connectivity index (χ0) is 54.0. The SMILES string of the molecule is CCCC1(N)CCCc2ccc(-c3ccc4cnn(-c5cccc(CO)n5)c4c3)nc21.CCCC1(NC(=O)OC(C)(C)C)CCCc2ccc(-c3ccc4cnn(-c5cccc(CO[Si](C)(C)C(C)(C)C)n5)c4c3)nc21. The fourth-order valence-corrected chi connectivity index (χ4v) is 11.5. The summed E-state index contributed by atoms with van der Waals surface area (Å²) in [5.74, 6) is 1.43. The number of fused-ring (bicyclic) bond motifs is 4. The van der Waals surface area contributed by atoms with Crippen molar-refractivity contribution in [3.63, 3.8) is 0 Å². The average molecular weight is 1040 g/mol. The van der Waals surface area contributed by atoms with E-state index in [4.69, 9.17) is 34.9 Å². The average Bonchev–Trinajstić information content (AvgIpc) is 4.09. The first kappa shape index (κ1) is 54.1. The van der Waals surface area contributed by atoms with Crippen molar-refractivity contribution in [3.8, 4) is 34.2 Å². The van der Waals surface area contributed by atoms with E-state index in [-0.39, 0.29) is 17.2 Å². The number of aryl methyl sites for hydroxylation is 2. The van der Waals surface area contributed by atoms with E-state index in [9.17, 15) is 9.90 Å². The molecule has 0 aliphatic heterocycles. The first-order chi connectivity index (χ1) is 36.2. The summed E-state index contributed by atoms with van der Waals surface area (Å²) in [5, 5.41) is 24.1. The van der Waals surface area contributed by atoms with Crippen LogP contribution in [-0.2, 0) is 46.3 Å². The van der Waals surface area contributed by atoms with E-state index in [1.54, 1.807) is 10.7 Å². The molecule has 2 aliphatic rings. The molecule has 1 amide bonds. The number of ether oxygens (including phenoxy) is 1. The predicted octanol–water partition coefficient (Wildman–Crippen LogP) is 13.1. The Kier molecular flexibility index (Phi) is 15.5. The molecule has 6 heterocycles. The second-order valence-corrected chi connectivity index (χ2v) is 28.1. The van der Waals surface area contributed by atoms with Crippen LogP contribution >= 0.6 is 0 Å². The highest BCUT2D eigenvalue weighted by atomic mass is 28.4. The Bertz CT molecular complexity index is 3370. The number of carbonyl (C=O) groups is 1. The molecule has 2 aliphatic carbocycles. The fraction of sp³-hybridized carbons (Fsp3) is 0.426. The molecule has 0 bridgehead atoms. The second kappa shape index (κ2) is 21.8. The number of hydrogen-bond acceptors (Lipinski definition) is 11. The number of nitrogens with two attached hydrogens (primary N) is 1. The van der Waals surface area contributed by atoms with Crippen LogP contribution in [0.15, 0.2) is 109 Å². The van der Waals surface area contributed by atoms with E-state index in [0.29, 0.717) is 18.1 Å². The van der Waals surface area contributed by atoms with Crippen LogP contribution in [0.25, 0.3) is 56.0 Å². The van der Waals surface area contributed by atoms with Gasteiger partial charge in [-0.2, -0.15) is 10.2 Å². The number of hydrogen-bond donors (Lipinski definition) is 3. The lowest BCUT2D eigenvalue weighted by Gasteiger charge is -2.39. The van der Waals surface area contributed by atoms with Gasteiger partial charge in [0.25, 0.3) is 0 Å². The molecule has 0 radical (unpaired) electrons. The fourth-order valence-electron chi connectivity index (χ4n) is 10.5. The van der Waals surface area contributed by atoms with E-state index in [1.165, 1.54) is 11.1 Å². The van der Waals surface area contributed by atoms with Crippen LogP contribution in [0.5, 0.6) is 0 Å². The molecule has 15 heteroatoms. The van der Waals surface area contributed by atoms with E-state index in [2.05, 4.69) is 124 Å². The van der Waals surface area contributed by atoms with Gasteiger partial charge < -0.3 is 25.3 Å². The smallest absolute Gasteiger partial charge is 0.408 e. The number of nitrogens with one attached hydrogen (secondary N) is 1. The first-order valence-electron chi connectivity index (χ1n) is 27.2. The number of aliphatic hydroxyl groups is 1. The maximum absolute atomic E-state index is 13.0. The highest BCUT2D eigenvalue weighted by molar-refractivity contribution is 6.74. The minimum atomic E-state index is -1.91. The van der Waals surface area contributed by atoms with Crippen LogP contribution in [0, 0.1) is 0 Å². The number of pyridine rings is 4. The van der Waals surface area contributed by atoms with Gasteiger partial charge in [0.1, 0.15) is 5.60 Å². The third-order valence-corrected chi connectivity index (χ3v) is 19.9. The van der Waals surface area contributed by atoms with E-state index < -0.39 is 25.6 Å². The molecule has 2 unspecified atom stereocenters. The van der Waals surface area contributed by atoms with E-state index in [1.807, 2.05) is 68.2 Å². The maximum atomic E-state index is 13.0. The lowest BCUT2D eigenvalue weighted by Crippen LogP contribution is -2.50. The van der Waals surface area contributed by atoms with Gasteiger partial charge in [0, 0.05) is 21.9 Å². The van der Waals surface area contributed by atoms with Gasteiger partial charge in [-0.15, -0.1) is 0 Å². The molecule has 6 aromatic heterocycles. The van der Waals surface area contributed by atoms with Crippen molar-refractivity contribution < 1.29 is 19.1 Å². The van der Waals surface area contributed by atoms with Gasteiger partial charge in [-0.25, -0.2) is 24.1 Å². The molecule has 10 rings (SSSR count). The molecule has 14 nitrogen and oxygen atoms in total. The van der Waals surface area contributed by atoms with Gasteiger partial charge in [0.2, 0.25) is 0 Å². The third-order valence-electron chi connectivity index (χ3n) is 15.4. The highest BCUT2D eigenvalue weighted by Crippen LogP contribution is 2.41. The molecule has 0 fully saturated rings. The van der Waals surface area contributed by atoms with E-state index >= 15 is 0 Å². The van der Waals surface area contributed by atoms with Crippen LogP contribution in [-0.4, -0.2) is 64.6 Å². The van der Waals surface area contributed by atoms with Crippen LogP contribution in [0.4, 0.5) is 4.79 Å². The highest BCUT2D eigenvalue weighted by Gasteiger charge is 2.41. The monoisotopic (exact) mass is 1040 g/mol. The van der Waals surface area contributed by atoms with Gasteiger partial charge in [0.15, 0.2) is 20.0 Å². The van der Waals surface area contributed by atoms with Crippen molar-refractivity contribution in [2.75, 3.05) is 0 Å². The summed E-state index contributed by atoms with van der Waals surface area (Å²) in [4.78, 5) is 32.8. The van der Waals surface area contributed by atoms with Crippen molar-refractivity contribution in [2.24, 2.45) is 5.73 Å². The Morgan fingerprint density at radius 1 is 0.697 bits per heavy atom. The summed E-state index contributed by atoms with van der Waals surface area (Å²) in [6.45, 7) is 21.6. The summed E-state index contributed by atoms with van der Waals surface area (Å²) in [7, 11) is -1.91. The van der Waals surface area contributed by atoms with Gasteiger partial charge in [-0.05, 0) is 150 Å². The quantitative estimate of drug-likeness (QED) is 0.0935. The zero-order valence-corrected chi connectivity index (χ0v) is 47.2. The lowest BCUT2D eigenvalue weighted by molar-refractivity contribution is 0.0426. The van der Waals surface area contributed by atoms with Crippen LogP contribution in [0.3, 0.4) is 0 Å². The van der Waals surface area contributed by atoms with Crippen molar-refractivity contribution in [2.45, 2.75) is 168 Å². The molecule has 0 saturated heterocycles. The minimum absolute atomic E-state index is 0.101. The van der Waals surface area contributed by atoms with Gasteiger partial charge >= 0.3 is 6.09 Å². The Balaban J connectivity index is 0.000000198. The molecular weight excluding hydrogens is 965 g/mol. The van der Waals surface area contributed by atoms with Crippen molar-refractivity contribution in [1.82, 2.24) is 44.8 Å². The molecule has 2 atom stereocenters. The first-order valence-corrected chi connectivity index (χ1v) is 30.1. The minimum Gasteiger partial charge on any atom is -0.444 e. The number of aliphatic hydroxyl groups excluding tert-OH is 1. The summed E-state index contributed by atoms with van der Waals surface area (Å²) < 4.78 is 15.8. The molecular formula is C61H76N10O4Si. The standard InChI is InChI=1S/C36H49N5O3Si.C25H27N5O/c1-10-20-36(40-33(42)44-34(2,3)4)21-12-13-25-18-19-29(39-32(25)36)26-16-17-27-23-37-41(30(27)22-26)31-15-11-14-28(38-31)24-43-45(8,9)35(5,6)7;1-2-12-25(26)13-4-5-17-10-11-21(29-24(17)25)18-8-9-19-15-27-30(22(19)14-18)23-7-3-6-20(16-31)28-23/h11,14-19,22-23H,10,12-13,20-21,24H2,1-9H3,(H,40,42);3,6-11,14-15,31H,2,4-5,12-13,16,26H2,1H3. The molecule has 8 aromatic rings. The van der Waals surface area contributed by atoms with Crippen molar-refractivity contribution in [3.05, 3.63) is 143 Å². The number of benzene rings is 2.